The monoisotopic (exact) mass is 472 g/mol. The Bertz CT molecular complexity index is 1120. The molecule has 1 heterocycles. The van der Waals surface area contributed by atoms with E-state index in [1.165, 1.54) is 6.07 Å². The normalized spacial score (nSPS) is 13.8. The summed E-state index contributed by atoms with van der Waals surface area (Å²) < 4.78 is 44.5. The van der Waals surface area contributed by atoms with Gasteiger partial charge in [-0.1, -0.05) is 35.9 Å². The summed E-state index contributed by atoms with van der Waals surface area (Å²) in [6.07, 6.45) is -3.20. The van der Waals surface area contributed by atoms with E-state index in [9.17, 15) is 18.4 Å². The predicted molar refractivity (Wildman–Crippen MR) is 121 cm³/mol. The van der Waals surface area contributed by atoms with E-state index in [-0.39, 0.29) is 11.8 Å². The van der Waals surface area contributed by atoms with Crippen molar-refractivity contribution in [2.75, 3.05) is 0 Å². The standard InChI is InChI=1S/C25H23ClF3N3O/c1-24(2,33-22-11-8-19(15-32-22)25(27,28)29)23(31)21(13-16-6-9-20(26)10-7-16)18-5-3-4-17(12-18)14-30/h3-12,15,21,23H,13,31H2,1-2H3/t21-,23+/m0/s1/i27-1. The number of nitriles is 1. The number of hydrogen-bond acceptors (Lipinski definition) is 4. The van der Waals surface area contributed by atoms with Crippen molar-refractivity contribution < 1.29 is 17.9 Å². The molecule has 0 bridgehead atoms. The quantitative estimate of drug-likeness (QED) is 0.448. The Morgan fingerprint density at radius 3 is 2.36 bits per heavy atom. The van der Waals surface area contributed by atoms with Gasteiger partial charge in [0.25, 0.3) is 0 Å². The molecule has 0 aliphatic carbocycles. The Kier molecular flexibility index (Phi) is 7.31. The highest BCUT2D eigenvalue weighted by molar-refractivity contribution is 6.30. The number of alkyl halides is 3. The van der Waals surface area contributed by atoms with Crippen molar-refractivity contribution in [3.05, 3.63) is 94.1 Å². The lowest BCUT2D eigenvalue weighted by Gasteiger charge is -2.37. The summed E-state index contributed by atoms with van der Waals surface area (Å²) in [5.41, 5.74) is 7.20. The number of benzene rings is 2. The maximum Gasteiger partial charge on any atom is 0.417 e. The highest BCUT2D eigenvalue weighted by Crippen LogP contribution is 2.33. The fraction of sp³-hybridized carbons (Fsp3) is 0.280. The van der Waals surface area contributed by atoms with Gasteiger partial charge in [-0.15, -0.1) is 0 Å². The van der Waals surface area contributed by atoms with Crippen LogP contribution in [-0.4, -0.2) is 16.6 Å². The lowest BCUT2D eigenvalue weighted by Crippen LogP contribution is -2.51. The Balaban J connectivity index is 1.90. The minimum atomic E-state index is -4.48. The molecule has 0 spiro atoms. The summed E-state index contributed by atoms with van der Waals surface area (Å²) >= 11 is 6.01. The first-order valence-electron chi connectivity index (χ1n) is 10.2. The van der Waals surface area contributed by atoms with Crippen molar-refractivity contribution in [3.8, 4) is 11.9 Å². The summed E-state index contributed by atoms with van der Waals surface area (Å²) in [5, 5.41) is 9.94. The zero-order valence-electron chi connectivity index (χ0n) is 18.1. The van der Waals surface area contributed by atoms with E-state index >= 15 is 0 Å². The third-order valence-corrected chi connectivity index (χ3v) is 5.73. The molecule has 33 heavy (non-hydrogen) atoms. The molecule has 0 saturated heterocycles. The van der Waals surface area contributed by atoms with Crippen LogP contribution in [0.5, 0.6) is 5.88 Å². The number of pyridine rings is 1. The zero-order chi connectivity index (χ0) is 24.2. The van der Waals surface area contributed by atoms with Crippen molar-refractivity contribution >= 4 is 11.6 Å². The summed E-state index contributed by atoms with van der Waals surface area (Å²) in [5.74, 6) is -0.219. The average molecular weight is 473 g/mol. The van der Waals surface area contributed by atoms with E-state index in [0.717, 1.165) is 23.4 Å². The van der Waals surface area contributed by atoms with E-state index in [2.05, 4.69) is 11.1 Å². The molecule has 2 N–H and O–H groups in total. The maximum absolute atomic E-state index is 12.8. The molecule has 0 amide bonds. The van der Waals surface area contributed by atoms with Gasteiger partial charge < -0.3 is 10.5 Å². The molecular formula is C25H23ClF3N3O. The number of hydrogen-bond donors (Lipinski definition) is 1. The van der Waals surface area contributed by atoms with Crippen LogP contribution in [0.25, 0.3) is 0 Å². The minimum absolute atomic E-state index is 0.0412. The van der Waals surface area contributed by atoms with Crippen molar-refractivity contribution in [2.45, 2.75) is 44.0 Å². The van der Waals surface area contributed by atoms with Gasteiger partial charge in [0.05, 0.1) is 23.2 Å². The second-order valence-corrected chi connectivity index (χ2v) is 8.72. The molecule has 3 rings (SSSR count). The molecule has 0 unspecified atom stereocenters. The van der Waals surface area contributed by atoms with Crippen LogP contribution in [0.1, 0.15) is 42.0 Å². The Morgan fingerprint density at radius 1 is 1.09 bits per heavy atom. The number of nitrogens with two attached hydrogens (primary N) is 1. The van der Waals surface area contributed by atoms with Crippen molar-refractivity contribution in [2.24, 2.45) is 5.73 Å². The summed E-state index contributed by atoms with van der Waals surface area (Å²) in [4.78, 5) is 3.81. The zero-order valence-corrected chi connectivity index (χ0v) is 18.9. The van der Waals surface area contributed by atoms with Crippen molar-refractivity contribution in [3.63, 3.8) is 0 Å². The van der Waals surface area contributed by atoms with Gasteiger partial charge in [0.1, 0.15) is 5.60 Å². The first-order valence-corrected chi connectivity index (χ1v) is 10.6. The molecule has 3 aromatic rings. The van der Waals surface area contributed by atoms with Crippen LogP contribution in [0.2, 0.25) is 5.02 Å². The molecule has 1 aromatic heterocycles. The lowest BCUT2D eigenvalue weighted by atomic mass is 9.79. The van der Waals surface area contributed by atoms with Crippen molar-refractivity contribution in [1.29, 1.82) is 5.26 Å². The maximum atomic E-state index is 12.8. The van der Waals surface area contributed by atoms with Crippen molar-refractivity contribution in [1.82, 2.24) is 4.98 Å². The second-order valence-electron chi connectivity index (χ2n) is 8.29. The number of halogens is 4. The molecule has 2 aromatic carbocycles. The Labute approximate surface area is 195 Å². The van der Waals surface area contributed by atoms with E-state index < -0.39 is 23.4 Å². The highest BCUT2D eigenvalue weighted by Gasteiger charge is 2.37. The van der Waals surface area contributed by atoms with E-state index in [0.29, 0.717) is 17.0 Å². The molecular weight excluding hydrogens is 450 g/mol. The Hall–Kier alpha value is -3.08. The third kappa shape index (κ3) is 6.25. The lowest BCUT2D eigenvalue weighted by molar-refractivity contribution is -0.137. The third-order valence-electron chi connectivity index (χ3n) is 5.48. The summed E-state index contributed by atoms with van der Waals surface area (Å²) in [6, 6.07) is 18.2. The van der Waals surface area contributed by atoms with Gasteiger partial charge >= 0.3 is 6.18 Å². The summed E-state index contributed by atoms with van der Waals surface area (Å²) in [6.45, 7) is 3.53. The van der Waals surface area contributed by atoms with Crippen LogP contribution in [0.3, 0.4) is 0 Å². The molecule has 0 radical (unpaired) electrons. The number of aromatic nitrogens is 1. The molecule has 2 atom stereocenters. The van der Waals surface area contributed by atoms with Crippen LogP contribution < -0.4 is 10.5 Å². The number of rotatable bonds is 7. The smallest absolute Gasteiger partial charge is 0.417 e. The van der Waals surface area contributed by atoms with Gasteiger partial charge in [0, 0.05) is 23.2 Å². The average Bonchev–Trinajstić information content (AvgIpc) is 2.77. The SMILES string of the molecule is CC(C)(Oc1ccc(C(F)(F)[18F])cn1)[C@H](N)[C@@H](Cc1ccc(Cl)cc1)c1cccc(C#N)c1. The molecule has 4 nitrogen and oxygen atoms in total. The molecule has 0 aliphatic rings. The van der Waals surface area contributed by atoms with E-state index in [4.69, 9.17) is 22.1 Å². The molecule has 0 fully saturated rings. The van der Waals surface area contributed by atoms with Crippen LogP contribution in [0.15, 0.2) is 66.9 Å². The van der Waals surface area contributed by atoms with Crippen LogP contribution in [0.4, 0.5) is 13.2 Å². The second kappa shape index (κ2) is 9.82. The van der Waals surface area contributed by atoms with Gasteiger partial charge in [0.15, 0.2) is 0 Å². The first kappa shape index (κ1) is 24.6. The molecule has 0 saturated carbocycles. The van der Waals surface area contributed by atoms with Gasteiger partial charge in [-0.2, -0.15) is 18.4 Å². The van der Waals surface area contributed by atoms with Crippen LogP contribution in [-0.2, 0) is 12.6 Å². The van der Waals surface area contributed by atoms with Gasteiger partial charge in [-0.05, 0) is 61.7 Å². The fourth-order valence-corrected chi connectivity index (χ4v) is 3.72. The largest absolute Gasteiger partial charge is 0.470 e. The molecule has 0 aliphatic heterocycles. The van der Waals surface area contributed by atoms with Crippen LogP contribution in [0, 0.1) is 11.3 Å². The molecule has 172 valence electrons. The number of nitrogens with zero attached hydrogens (tertiary/aromatic N) is 2. The van der Waals surface area contributed by atoms with Gasteiger partial charge in [-0.3, -0.25) is 0 Å². The van der Waals surface area contributed by atoms with E-state index in [1.54, 1.807) is 44.2 Å². The van der Waals surface area contributed by atoms with Crippen LogP contribution >= 0.6 is 11.6 Å². The van der Waals surface area contributed by atoms with Gasteiger partial charge in [-0.25, -0.2) is 4.98 Å². The Morgan fingerprint density at radius 2 is 1.79 bits per heavy atom. The summed E-state index contributed by atoms with van der Waals surface area (Å²) in [7, 11) is 0. The van der Waals surface area contributed by atoms with Gasteiger partial charge in [0.2, 0.25) is 5.88 Å². The fourth-order valence-electron chi connectivity index (χ4n) is 3.60. The predicted octanol–water partition coefficient (Wildman–Crippen LogP) is 6.14. The topological polar surface area (TPSA) is 71.9 Å². The first-order chi connectivity index (χ1) is 15.5. The highest BCUT2D eigenvalue weighted by atomic mass is 35.5. The van der Waals surface area contributed by atoms with E-state index in [1.807, 2.05) is 18.2 Å². The minimum Gasteiger partial charge on any atom is -0.470 e. The number of ether oxygens (including phenoxy) is 1. The molecule has 8 heteroatoms.